The van der Waals surface area contributed by atoms with E-state index in [1.807, 2.05) is 6.92 Å². The van der Waals surface area contributed by atoms with Crippen LogP contribution in [0.15, 0.2) is 0 Å². The van der Waals surface area contributed by atoms with Gasteiger partial charge in [0.2, 0.25) is 10.0 Å². The van der Waals surface area contributed by atoms with E-state index < -0.39 is 10.0 Å². The first kappa shape index (κ1) is 14.5. The average molecular weight is 262 g/mol. The van der Waals surface area contributed by atoms with Gasteiger partial charge in [0.1, 0.15) is 0 Å². The van der Waals surface area contributed by atoms with Gasteiger partial charge in [0.05, 0.1) is 5.75 Å². The Kier molecular flexibility index (Phi) is 8.01. The van der Waals surface area contributed by atoms with Gasteiger partial charge in [0.25, 0.3) is 0 Å². The zero-order chi connectivity index (χ0) is 11.0. The van der Waals surface area contributed by atoms with Crippen molar-refractivity contribution in [3.8, 4) is 0 Å². The van der Waals surface area contributed by atoms with Crippen molar-refractivity contribution in [3.05, 3.63) is 0 Å². The molecule has 0 bridgehead atoms. The number of nitrogens with zero attached hydrogens (tertiary/aromatic N) is 1. The van der Waals surface area contributed by atoms with Crippen molar-refractivity contribution in [1.82, 2.24) is 4.31 Å². The zero-order valence-corrected chi connectivity index (χ0v) is 10.7. The molecular weight excluding hydrogens is 245 g/mol. The second kappa shape index (κ2) is 7.74. The van der Waals surface area contributed by atoms with E-state index in [0.29, 0.717) is 31.3 Å². The van der Waals surface area contributed by atoms with Gasteiger partial charge in [-0.25, -0.2) is 8.42 Å². The summed E-state index contributed by atoms with van der Waals surface area (Å²) in [6, 6.07) is 0. The van der Waals surface area contributed by atoms with Crippen LogP contribution < -0.4 is 0 Å². The van der Waals surface area contributed by atoms with Crippen molar-refractivity contribution in [2.45, 2.75) is 19.8 Å². The summed E-state index contributed by atoms with van der Waals surface area (Å²) in [5.41, 5.74) is 0. The summed E-state index contributed by atoms with van der Waals surface area (Å²) in [6.07, 6.45) is 1.55. The molecule has 3 nitrogen and oxygen atoms in total. The molecule has 0 aliphatic heterocycles. The van der Waals surface area contributed by atoms with Crippen LogP contribution in [0.5, 0.6) is 0 Å². The number of rotatable bonds is 8. The Balaban J connectivity index is 4.29. The van der Waals surface area contributed by atoms with Crippen LogP contribution in [0.4, 0.5) is 0 Å². The van der Waals surface area contributed by atoms with Gasteiger partial charge in [-0.05, 0) is 6.42 Å². The van der Waals surface area contributed by atoms with E-state index in [0.717, 1.165) is 6.42 Å². The smallest absolute Gasteiger partial charge is 0.212 e. The van der Waals surface area contributed by atoms with Gasteiger partial charge < -0.3 is 0 Å². The minimum Gasteiger partial charge on any atom is -0.212 e. The van der Waals surface area contributed by atoms with E-state index in [1.54, 1.807) is 0 Å². The molecule has 0 amide bonds. The summed E-state index contributed by atoms with van der Waals surface area (Å²) < 4.78 is 24.7. The van der Waals surface area contributed by atoms with Crippen molar-refractivity contribution in [3.63, 3.8) is 0 Å². The van der Waals surface area contributed by atoms with Crippen LogP contribution in [0.1, 0.15) is 19.8 Å². The van der Waals surface area contributed by atoms with E-state index in [4.69, 9.17) is 23.2 Å². The standard InChI is InChI=1S/C8H17Cl2NO2S/c1-2-3-8-14(12,13)11(6-4-9)7-5-10/h2-8H2,1H3. The van der Waals surface area contributed by atoms with E-state index >= 15 is 0 Å². The second-order valence-corrected chi connectivity index (χ2v) is 5.79. The molecule has 0 aliphatic rings. The molecule has 0 saturated carbocycles. The van der Waals surface area contributed by atoms with Gasteiger partial charge in [-0.3, -0.25) is 0 Å². The van der Waals surface area contributed by atoms with Crippen molar-refractivity contribution in [1.29, 1.82) is 0 Å². The zero-order valence-electron chi connectivity index (χ0n) is 8.38. The largest absolute Gasteiger partial charge is 0.214 e. The maximum Gasteiger partial charge on any atom is 0.214 e. The van der Waals surface area contributed by atoms with E-state index in [9.17, 15) is 8.42 Å². The fourth-order valence-corrected chi connectivity index (χ4v) is 3.29. The van der Waals surface area contributed by atoms with Crippen molar-refractivity contribution >= 4 is 33.2 Å². The molecule has 0 rings (SSSR count). The Hall–Kier alpha value is 0.490. The molecule has 0 atom stereocenters. The number of sulfonamides is 1. The van der Waals surface area contributed by atoms with Gasteiger partial charge in [-0.2, -0.15) is 4.31 Å². The SMILES string of the molecule is CCCCS(=O)(=O)N(CCCl)CCCl. The predicted octanol–water partition coefficient (Wildman–Crippen LogP) is 1.90. The van der Waals surface area contributed by atoms with Crippen LogP contribution in [-0.2, 0) is 10.0 Å². The van der Waals surface area contributed by atoms with Crippen LogP contribution in [0.25, 0.3) is 0 Å². The van der Waals surface area contributed by atoms with Crippen molar-refractivity contribution < 1.29 is 8.42 Å². The number of halogens is 2. The minimum absolute atomic E-state index is 0.192. The van der Waals surface area contributed by atoms with Crippen LogP contribution in [0.2, 0.25) is 0 Å². The van der Waals surface area contributed by atoms with E-state index in [-0.39, 0.29) is 5.75 Å². The lowest BCUT2D eigenvalue weighted by atomic mass is 10.4. The number of alkyl halides is 2. The highest BCUT2D eigenvalue weighted by atomic mass is 35.5. The van der Waals surface area contributed by atoms with Crippen LogP contribution in [0.3, 0.4) is 0 Å². The fourth-order valence-electron chi connectivity index (χ4n) is 1.03. The molecule has 0 spiro atoms. The minimum atomic E-state index is -3.14. The maximum absolute atomic E-state index is 11.7. The highest BCUT2D eigenvalue weighted by Crippen LogP contribution is 2.05. The summed E-state index contributed by atoms with van der Waals surface area (Å²) in [6.45, 7) is 2.66. The summed E-state index contributed by atoms with van der Waals surface area (Å²) >= 11 is 11.0. The molecule has 0 fully saturated rings. The molecule has 14 heavy (non-hydrogen) atoms. The molecule has 0 N–H and O–H groups in total. The summed E-state index contributed by atoms with van der Waals surface area (Å²) in [4.78, 5) is 0. The molecule has 0 aromatic rings. The summed E-state index contributed by atoms with van der Waals surface area (Å²) in [5, 5.41) is 0. The molecule has 6 heteroatoms. The first-order valence-electron chi connectivity index (χ1n) is 4.68. The number of unbranched alkanes of at least 4 members (excludes halogenated alkanes) is 1. The summed E-state index contributed by atoms with van der Waals surface area (Å²) in [5.74, 6) is 0.807. The molecule has 0 unspecified atom stereocenters. The van der Waals surface area contributed by atoms with Crippen molar-refractivity contribution in [2.24, 2.45) is 0 Å². The molecule has 0 saturated heterocycles. The Labute approximate surface area is 96.4 Å². The molecular formula is C8H17Cl2NO2S. The Morgan fingerprint density at radius 3 is 2.00 bits per heavy atom. The lowest BCUT2D eigenvalue weighted by Crippen LogP contribution is -2.36. The molecule has 0 radical (unpaired) electrons. The third kappa shape index (κ3) is 5.39. The molecule has 0 heterocycles. The van der Waals surface area contributed by atoms with Crippen LogP contribution in [-0.4, -0.2) is 43.3 Å². The van der Waals surface area contributed by atoms with Gasteiger partial charge in [0.15, 0.2) is 0 Å². The molecule has 86 valence electrons. The maximum atomic E-state index is 11.7. The Bertz CT molecular complexity index is 225. The molecule has 0 aromatic carbocycles. The van der Waals surface area contributed by atoms with Gasteiger partial charge in [-0.1, -0.05) is 13.3 Å². The lowest BCUT2D eigenvalue weighted by molar-refractivity contribution is 0.447. The normalized spacial score (nSPS) is 12.3. The fraction of sp³-hybridized carbons (Fsp3) is 1.00. The third-order valence-corrected chi connectivity index (χ3v) is 4.11. The average Bonchev–Trinajstić information content (AvgIpc) is 2.14. The van der Waals surface area contributed by atoms with Crippen LogP contribution >= 0.6 is 23.2 Å². The number of hydrogen-bond donors (Lipinski definition) is 0. The quantitative estimate of drug-likeness (QED) is 0.626. The van der Waals surface area contributed by atoms with Crippen molar-refractivity contribution in [2.75, 3.05) is 30.6 Å². The highest BCUT2D eigenvalue weighted by molar-refractivity contribution is 7.89. The van der Waals surface area contributed by atoms with Crippen LogP contribution in [0, 0.1) is 0 Å². The summed E-state index contributed by atoms with van der Waals surface area (Å²) in [7, 11) is -3.14. The second-order valence-electron chi connectivity index (χ2n) is 2.95. The number of hydrogen-bond acceptors (Lipinski definition) is 2. The predicted molar refractivity (Wildman–Crippen MR) is 61.7 cm³/mol. The molecule has 0 aliphatic carbocycles. The topological polar surface area (TPSA) is 37.4 Å². The third-order valence-electron chi connectivity index (χ3n) is 1.82. The van der Waals surface area contributed by atoms with E-state index in [1.165, 1.54) is 4.31 Å². The first-order chi connectivity index (χ1) is 6.58. The molecule has 0 aromatic heterocycles. The Morgan fingerprint density at radius 2 is 1.64 bits per heavy atom. The van der Waals surface area contributed by atoms with Gasteiger partial charge in [0, 0.05) is 24.8 Å². The monoisotopic (exact) mass is 261 g/mol. The highest BCUT2D eigenvalue weighted by Gasteiger charge is 2.19. The van der Waals surface area contributed by atoms with Gasteiger partial charge >= 0.3 is 0 Å². The first-order valence-corrected chi connectivity index (χ1v) is 7.36. The van der Waals surface area contributed by atoms with Gasteiger partial charge in [-0.15, -0.1) is 23.2 Å². The lowest BCUT2D eigenvalue weighted by Gasteiger charge is -2.19. The van der Waals surface area contributed by atoms with E-state index in [2.05, 4.69) is 0 Å². The Morgan fingerprint density at radius 1 is 1.14 bits per heavy atom.